The van der Waals surface area contributed by atoms with E-state index in [9.17, 15) is 0 Å². The Morgan fingerprint density at radius 2 is 1.89 bits per heavy atom. The summed E-state index contributed by atoms with van der Waals surface area (Å²) in [6.07, 6.45) is 4.00. The second-order valence-electron chi connectivity index (χ2n) is 6.73. The fourth-order valence-corrected chi connectivity index (χ4v) is 3.29. The van der Waals surface area contributed by atoms with Crippen molar-refractivity contribution in [3.8, 4) is 0 Å². The number of anilines is 1. The first kappa shape index (κ1) is 14.4. The van der Waals surface area contributed by atoms with E-state index in [4.69, 9.17) is 0 Å². The van der Waals surface area contributed by atoms with Crippen molar-refractivity contribution in [3.63, 3.8) is 0 Å². The molecule has 1 heterocycles. The highest BCUT2D eigenvalue weighted by Gasteiger charge is 2.27. The van der Waals surface area contributed by atoms with Crippen molar-refractivity contribution in [1.82, 2.24) is 9.78 Å². The van der Waals surface area contributed by atoms with Gasteiger partial charge in [-0.1, -0.05) is 20.3 Å². The van der Waals surface area contributed by atoms with E-state index >= 15 is 0 Å². The summed E-state index contributed by atoms with van der Waals surface area (Å²) in [5, 5.41) is 8.46. The number of hydrogen-bond donors (Lipinski definition) is 1. The van der Waals surface area contributed by atoms with Crippen LogP contribution >= 0.6 is 0 Å². The van der Waals surface area contributed by atoms with Crippen LogP contribution in [-0.4, -0.2) is 15.8 Å². The van der Waals surface area contributed by atoms with Gasteiger partial charge >= 0.3 is 0 Å². The highest BCUT2D eigenvalue weighted by Crippen LogP contribution is 2.32. The van der Waals surface area contributed by atoms with Gasteiger partial charge in [-0.2, -0.15) is 5.10 Å². The Kier molecular flexibility index (Phi) is 4.22. The van der Waals surface area contributed by atoms with Crippen LogP contribution in [0.25, 0.3) is 0 Å². The molecular weight excluding hydrogens is 234 g/mol. The number of aromatic nitrogens is 2. The molecule has 1 fully saturated rings. The van der Waals surface area contributed by atoms with Crippen LogP contribution in [0.4, 0.5) is 5.69 Å². The molecule has 1 aromatic rings. The maximum absolute atomic E-state index is 4.67. The topological polar surface area (TPSA) is 29.9 Å². The van der Waals surface area contributed by atoms with Gasteiger partial charge in [0.1, 0.15) is 0 Å². The van der Waals surface area contributed by atoms with Gasteiger partial charge in [0.15, 0.2) is 0 Å². The quantitative estimate of drug-likeness (QED) is 0.880. The summed E-state index contributed by atoms with van der Waals surface area (Å²) in [7, 11) is 0. The van der Waals surface area contributed by atoms with Gasteiger partial charge in [-0.3, -0.25) is 4.68 Å². The van der Waals surface area contributed by atoms with Crippen LogP contribution in [0.2, 0.25) is 0 Å². The highest BCUT2D eigenvalue weighted by molar-refractivity contribution is 5.53. The Morgan fingerprint density at radius 1 is 1.21 bits per heavy atom. The monoisotopic (exact) mass is 263 g/mol. The van der Waals surface area contributed by atoms with Crippen LogP contribution in [0, 0.1) is 25.7 Å². The second-order valence-corrected chi connectivity index (χ2v) is 6.73. The van der Waals surface area contributed by atoms with Gasteiger partial charge in [-0.15, -0.1) is 0 Å². The summed E-state index contributed by atoms with van der Waals surface area (Å²) >= 11 is 0. The molecule has 0 aliphatic heterocycles. The lowest BCUT2D eigenvalue weighted by molar-refractivity contribution is 0.280. The van der Waals surface area contributed by atoms with Crippen molar-refractivity contribution >= 4 is 5.69 Å². The van der Waals surface area contributed by atoms with E-state index in [1.165, 1.54) is 30.6 Å². The van der Waals surface area contributed by atoms with Crippen molar-refractivity contribution in [2.75, 3.05) is 5.32 Å². The zero-order valence-electron chi connectivity index (χ0n) is 13.3. The van der Waals surface area contributed by atoms with Crippen molar-refractivity contribution < 1.29 is 0 Å². The van der Waals surface area contributed by atoms with E-state index in [1.54, 1.807) is 0 Å². The first-order valence-electron chi connectivity index (χ1n) is 7.72. The molecule has 0 bridgehead atoms. The summed E-state index contributed by atoms with van der Waals surface area (Å²) < 4.78 is 2.13. The van der Waals surface area contributed by atoms with Gasteiger partial charge in [-0.05, 0) is 52.4 Å². The molecule has 2 rings (SSSR count). The van der Waals surface area contributed by atoms with E-state index in [-0.39, 0.29) is 0 Å². The molecule has 0 amide bonds. The molecule has 1 saturated carbocycles. The van der Waals surface area contributed by atoms with Crippen LogP contribution in [0.15, 0.2) is 0 Å². The van der Waals surface area contributed by atoms with Crippen LogP contribution in [0.3, 0.4) is 0 Å². The molecular formula is C16H29N3. The number of aryl methyl sites for hydroxylation is 1. The lowest BCUT2D eigenvalue weighted by atomic mass is 9.80. The minimum absolute atomic E-state index is 0.428. The standard InChI is InChI=1S/C16H29N3/c1-10(2)19-14(6)16(13(5)18-19)17-15-9-11(3)7-8-12(15)4/h10-12,15,17H,7-9H2,1-6H3. The van der Waals surface area contributed by atoms with Crippen LogP contribution < -0.4 is 5.32 Å². The maximum atomic E-state index is 4.67. The van der Waals surface area contributed by atoms with Crippen LogP contribution in [0.1, 0.15) is 64.4 Å². The van der Waals surface area contributed by atoms with E-state index in [1.807, 2.05) is 0 Å². The van der Waals surface area contributed by atoms with Gasteiger partial charge in [0.25, 0.3) is 0 Å². The average Bonchev–Trinajstić information content (AvgIpc) is 2.62. The molecule has 108 valence electrons. The first-order valence-corrected chi connectivity index (χ1v) is 7.72. The molecule has 0 spiro atoms. The molecule has 19 heavy (non-hydrogen) atoms. The Balaban J connectivity index is 2.18. The molecule has 0 aromatic carbocycles. The molecule has 0 saturated heterocycles. The van der Waals surface area contributed by atoms with Gasteiger partial charge in [0.05, 0.1) is 17.1 Å². The predicted octanol–water partition coefficient (Wildman–Crippen LogP) is 4.32. The van der Waals surface area contributed by atoms with Gasteiger partial charge in [0, 0.05) is 12.1 Å². The van der Waals surface area contributed by atoms with Crippen molar-refractivity contribution in [3.05, 3.63) is 11.4 Å². The van der Waals surface area contributed by atoms with Gasteiger partial charge < -0.3 is 5.32 Å². The molecule has 1 aliphatic rings. The summed E-state index contributed by atoms with van der Waals surface area (Å²) in [4.78, 5) is 0. The fraction of sp³-hybridized carbons (Fsp3) is 0.812. The summed E-state index contributed by atoms with van der Waals surface area (Å²) in [5.74, 6) is 1.60. The zero-order valence-corrected chi connectivity index (χ0v) is 13.3. The number of nitrogens with zero attached hydrogens (tertiary/aromatic N) is 2. The molecule has 3 nitrogen and oxygen atoms in total. The summed E-state index contributed by atoms with van der Waals surface area (Å²) in [6, 6.07) is 1.03. The van der Waals surface area contributed by atoms with Gasteiger partial charge in [-0.25, -0.2) is 0 Å². The van der Waals surface area contributed by atoms with E-state index < -0.39 is 0 Å². The second kappa shape index (κ2) is 5.56. The minimum atomic E-state index is 0.428. The molecule has 3 heteroatoms. The molecule has 1 aromatic heterocycles. The van der Waals surface area contributed by atoms with Gasteiger partial charge in [0.2, 0.25) is 0 Å². The van der Waals surface area contributed by atoms with Crippen LogP contribution in [-0.2, 0) is 0 Å². The Bertz CT molecular complexity index is 433. The molecule has 3 atom stereocenters. The number of rotatable bonds is 3. The molecule has 3 unspecified atom stereocenters. The Morgan fingerprint density at radius 3 is 2.47 bits per heavy atom. The third-order valence-corrected chi connectivity index (χ3v) is 4.60. The molecule has 1 N–H and O–H groups in total. The molecule has 1 aliphatic carbocycles. The Labute approximate surface area is 117 Å². The lowest BCUT2D eigenvalue weighted by Gasteiger charge is -2.34. The minimum Gasteiger partial charge on any atom is -0.379 e. The third-order valence-electron chi connectivity index (χ3n) is 4.60. The van der Waals surface area contributed by atoms with Crippen molar-refractivity contribution in [1.29, 1.82) is 0 Å². The SMILES string of the molecule is Cc1nn(C(C)C)c(C)c1NC1CC(C)CCC1C. The first-order chi connectivity index (χ1) is 8.90. The largest absolute Gasteiger partial charge is 0.379 e. The maximum Gasteiger partial charge on any atom is 0.0828 e. The summed E-state index contributed by atoms with van der Waals surface area (Å²) in [5.41, 5.74) is 3.68. The molecule has 0 radical (unpaired) electrons. The van der Waals surface area contributed by atoms with E-state index in [2.05, 4.69) is 56.6 Å². The van der Waals surface area contributed by atoms with E-state index in [0.29, 0.717) is 12.1 Å². The van der Waals surface area contributed by atoms with Crippen molar-refractivity contribution in [2.24, 2.45) is 11.8 Å². The smallest absolute Gasteiger partial charge is 0.0828 e. The van der Waals surface area contributed by atoms with E-state index in [0.717, 1.165) is 17.5 Å². The fourth-order valence-electron chi connectivity index (χ4n) is 3.29. The zero-order chi connectivity index (χ0) is 14.2. The third kappa shape index (κ3) is 2.96. The predicted molar refractivity (Wildman–Crippen MR) is 81.7 cm³/mol. The highest BCUT2D eigenvalue weighted by atomic mass is 15.3. The number of hydrogen-bond acceptors (Lipinski definition) is 2. The van der Waals surface area contributed by atoms with Crippen LogP contribution in [0.5, 0.6) is 0 Å². The normalized spacial score (nSPS) is 27.8. The number of nitrogens with one attached hydrogen (secondary N) is 1. The average molecular weight is 263 g/mol. The lowest BCUT2D eigenvalue weighted by Crippen LogP contribution is -2.33. The summed E-state index contributed by atoms with van der Waals surface area (Å²) in [6.45, 7) is 13.4. The van der Waals surface area contributed by atoms with Crippen molar-refractivity contribution in [2.45, 2.75) is 72.9 Å². The Hall–Kier alpha value is -0.990.